The van der Waals surface area contributed by atoms with E-state index in [0.29, 0.717) is 10.6 Å². The van der Waals surface area contributed by atoms with Gasteiger partial charge in [0.25, 0.3) is 0 Å². The third kappa shape index (κ3) is 2.88. The van der Waals surface area contributed by atoms with Gasteiger partial charge in [0.2, 0.25) is 0 Å². The number of hydrogen-bond acceptors (Lipinski definition) is 2. The van der Waals surface area contributed by atoms with Crippen LogP contribution in [0.5, 0.6) is 0 Å². The fourth-order valence-corrected chi connectivity index (χ4v) is 2.87. The number of hydrogen-bond donors (Lipinski definition) is 0. The molecule has 0 N–H and O–H groups in total. The summed E-state index contributed by atoms with van der Waals surface area (Å²) >= 11 is 5.98. The molecule has 0 saturated carbocycles. The van der Waals surface area contributed by atoms with Gasteiger partial charge in [-0.2, -0.15) is 0 Å². The molecule has 0 bridgehead atoms. The van der Waals surface area contributed by atoms with Crippen LogP contribution in [0.3, 0.4) is 0 Å². The third-order valence-corrected chi connectivity index (χ3v) is 4.12. The highest BCUT2D eigenvalue weighted by Crippen LogP contribution is 2.31. The second-order valence-corrected chi connectivity index (χ2v) is 5.69. The number of esters is 1. The molecule has 3 rings (SSSR count). The maximum absolute atomic E-state index is 12.1. The number of benzene rings is 2. The summed E-state index contributed by atoms with van der Waals surface area (Å²) in [5, 5.41) is 1.75. The van der Waals surface area contributed by atoms with E-state index in [1.165, 1.54) is 7.11 Å². The first-order valence-corrected chi connectivity index (χ1v) is 7.58. The monoisotopic (exact) mass is 325 g/mol. The molecule has 0 saturated heterocycles. The Labute approximate surface area is 139 Å². The minimum atomic E-state index is -0.428. The number of ether oxygens (including phenoxy) is 1. The lowest BCUT2D eigenvalue weighted by Gasteiger charge is -2.22. The Morgan fingerprint density at radius 1 is 1.13 bits per heavy atom. The highest BCUT2D eigenvalue weighted by molar-refractivity contribution is 6.30. The van der Waals surface area contributed by atoms with E-state index in [1.807, 2.05) is 53.2 Å². The Bertz CT molecular complexity index is 864. The molecule has 0 aliphatic rings. The summed E-state index contributed by atoms with van der Waals surface area (Å²) < 4.78 is 6.90. The van der Waals surface area contributed by atoms with E-state index in [9.17, 15) is 4.79 Å². The van der Waals surface area contributed by atoms with Crippen LogP contribution >= 0.6 is 11.6 Å². The van der Waals surface area contributed by atoms with E-state index in [2.05, 4.69) is 6.58 Å². The smallest absolute Gasteiger partial charge is 0.335 e. The lowest BCUT2D eigenvalue weighted by atomic mass is 9.99. The Morgan fingerprint density at radius 2 is 1.83 bits per heavy atom. The highest BCUT2D eigenvalue weighted by Gasteiger charge is 2.24. The normalized spacial score (nSPS) is 12.1. The topological polar surface area (TPSA) is 31.2 Å². The molecule has 0 aliphatic heterocycles. The van der Waals surface area contributed by atoms with Gasteiger partial charge in [-0.1, -0.05) is 48.5 Å². The molecule has 23 heavy (non-hydrogen) atoms. The maximum atomic E-state index is 12.1. The van der Waals surface area contributed by atoms with Gasteiger partial charge < -0.3 is 9.30 Å². The van der Waals surface area contributed by atoms with Crippen LogP contribution in [-0.4, -0.2) is 17.6 Å². The number of methoxy groups -OCH3 is 1. The highest BCUT2D eigenvalue weighted by atomic mass is 35.5. The van der Waals surface area contributed by atoms with E-state index >= 15 is 0 Å². The molecule has 1 aromatic heterocycles. The summed E-state index contributed by atoms with van der Waals surface area (Å²) in [6.45, 7) is 3.96. The van der Waals surface area contributed by atoms with Gasteiger partial charge in [0.1, 0.15) is 0 Å². The van der Waals surface area contributed by atoms with Crippen molar-refractivity contribution in [3.63, 3.8) is 0 Å². The third-order valence-electron chi connectivity index (χ3n) is 3.87. The predicted octanol–water partition coefficient (Wildman–Crippen LogP) is 4.61. The van der Waals surface area contributed by atoms with Crippen molar-refractivity contribution in [2.45, 2.75) is 6.04 Å². The standard InChI is InChI=1S/C19H16ClNO2/c1-13(19(22)23-2)18(15-7-9-16(20)10-8-15)21-12-11-14-5-3-4-6-17(14)21/h3-12,18H,1H2,2H3/t18-/m1/s1. The number of para-hydroxylation sites is 1. The van der Waals surface area contributed by atoms with Crippen molar-refractivity contribution in [3.05, 3.63) is 83.5 Å². The molecule has 1 heterocycles. The number of carbonyl (C=O) groups excluding carboxylic acids is 1. The van der Waals surface area contributed by atoms with Crippen molar-refractivity contribution < 1.29 is 9.53 Å². The number of halogens is 1. The largest absolute Gasteiger partial charge is 0.466 e. The zero-order chi connectivity index (χ0) is 16.4. The minimum absolute atomic E-state index is 0.348. The molecule has 0 fully saturated rings. The summed E-state index contributed by atoms with van der Waals surface area (Å²) in [6.07, 6.45) is 1.96. The van der Waals surface area contributed by atoms with Gasteiger partial charge >= 0.3 is 5.97 Å². The summed E-state index contributed by atoms with van der Waals surface area (Å²) in [5.74, 6) is -0.428. The van der Waals surface area contributed by atoms with Crippen molar-refractivity contribution in [2.75, 3.05) is 7.11 Å². The average Bonchev–Trinajstić information content (AvgIpc) is 3.00. The lowest BCUT2D eigenvalue weighted by molar-refractivity contribution is -0.136. The molecular weight excluding hydrogens is 310 g/mol. The second-order valence-electron chi connectivity index (χ2n) is 5.25. The van der Waals surface area contributed by atoms with Crippen LogP contribution in [0.25, 0.3) is 10.9 Å². The molecule has 2 aromatic carbocycles. The molecule has 1 atom stereocenters. The molecule has 0 amide bonds. The number of aromatic nitrogens is 1. The van der Waals surface area contributed by atoms with Gasteiger partial charge in [-0.15, -0.1) is 0 Å². The second kappa shape index (κ2) is 6.31. The Kier molecular flexibility index (Phi) is 4.22. The first kappa shape index (κ1) is 15.4. The predicted molar refractivity (Wildman–Crippen MR) is 92.7 cm³/mol. The maximum Gasteiger partial charge on any atom is 0.335 e. The number of carbonyl (C=O) groups is 1. The molecule has 0 aliphatic carbocycles. The molecule has 4 heteroatoms. The Hall–Kier alpha value is -2.52. The first-order chi connectivity index (χ1) is 11.1. The Morgan fingerprint density at radius 3 is 2.52 bits per heavy atom. The quantitative estimate of drug-likeness (QED) is 0.518. The number of nitrogens with zero attached hydrogens (tertiary/aromatic N) is 1. The van der Waals surface area contributed by atoms with E-state index in [4.69, 9.17) is 16.3 Å². The van der Waals surface area contributed by atoms with Crippen LogP contribution < -0.4 is 0 Å². The van der Waals surface area contributed by atoms with Crippen molar-refractivity contribution in [2.24, 2.45) is 0 Å². The average molecular weight is 326 g/mol. The van der Waals surface area contributed by atoms with E-state index in [0.717, 1.165) is 16.5 Å². The van der Waals surface area contributed by atoms with Gasteiger partial charge in [0, 0.05) is 16.7 Å². The fraction of sp³-hybridized carbons (Fsp3) is 0.105. The molecule has 3 nitrogen and oxygen atoms in total. The summed E-state index contributed by atoms with van der Waals surface area (Å²) in [6, 6.07) is 17.1. The van der Waals surface area contributed by atoms with E-state index in [-0.39, 0.29) is 6.04 Å². The number of rotatable bonds is 4. The molecule has 3 aromatic rings. The van der Waals surface area contributed by atoms with Crippen LogP contribution in [0.2, 0.25) is 5.02 Å². The summed E-state index contributed by atoms with van der Waals surface area (Å²) in [7, 11) is 1.36. The van der Waals surface area contributed by atoms with Gasteiger partial charge in [0.05, 0.1) is 18.7 Å². The fourth-order valence-electron chi connectivity index (χ4n) is 2.75. The molecule has 0 radical (unpaired) electrons. The zero-order valence-corrected chi connectivity index (χ0v) is 13.5. The van der Waals surface area contributed by atoms with Gasteiger partial charge in [-0.3, -0.25) is 0 Å². The van der Waals surface area contributed by atoms with Crippen LogP contribution in [0, 0.1) is 0 Å². The van der Waals surface area contributed by atoms with Gasteiger partial charge in [-0.25, -0.2) is 4.79 Å². The van der Waals surface area contributed by atoms with Crippen LogP contribution in [0.1, 0.15) is 11.6 Å². The zero-order valence-electron chi connectivity index (χ0n) is 12.7. The lowest BCUT2D eigenvalue weighted by Crippen LogP contribution is -2.18. The molecule has 116 valence electrons. The molecule has 0 unspecified atom stereocenters. The first-order valence-electron chi connectivity index (χ1n) is 7.20. The van der Waals surface area contributed by atoms with Gasteiger partial charge in [0.15, 0.2) is 0 Å². The van der Waals surface area contributed by atoms with Gasteiger partial charge in [-0.05, 0) is 35.2 Å². The minimum Gasteiger partial charge on any atom is -0.466 e. The van der Waals surface area contributed by atoms with E-state index in [1.54, 1.807) is 12.1 Å². The molecular formula is C19H16ClNO2. The van der Waals surface area contributed by atoms with Crippen molar-refractivity contribution in [3.8, 4) is 0 Å². The van der Waals surface area contributed by atoms with Crippen molar-refractivity contribution >= 4 is 28.5 Å². The summed E-state index contributed by atoms with van der Waals surface area (Å²) in [4.78, 5) is 12.1. The van der Waals surface area contributed by atoms with E-state index < -0.39 is 5.97 Å². The van der Waals surface area contributed by atoms with Crippen LogP contribution in [0.4, 0.5) is 0 Å². The van der Waals surface area contributed by atoms with Crippen molar-refractivity contribution in [1.82, 2.24) is 4.57 Å². The van der Waals surface area contributed by atoms with Crippen LogP contribution in [-0.2, 0) is 9.53 Å². The van der Waals surface area contributed by atoms with Crippen LogP contribution in [0.15, 0.2) is 72.9 Å². The Balaban J connectivity index is 2.17. The molecule has 0 spiro atoms. The SMILES string of the molecule is C=C(C(=O)OC)[C@H](c1ccc(Cl)cc1)n1ccc2ccccc21. The number of fused-ring (bicyclic) bond motifs is 1. The van der Waals surface area contributed by atoms with Crippen molar-refractivity contribution in [1.29, 1.82) is 0 Å². The summed E-state index contributed by atoms with van der Waals surface area (Å²) in [5.41, 5.74) is 2.32.